The van der Waals surface area contributed by atoms with Crippen molar-refractivity contribution < 1.29 is 14.4 Å². The number of halogens is 1. The molecule has 11 N–H and O–H groups in total. The Morgan fingerprint density at radius 1 is 1.14 bits per heavy atom. The van der Waals surface area contributed by atoms with Crippen molar-refractivity contribution in [3.05, 3.63) is 40.8 Å². The van der Waals surface area contributed by atoms with Crippen LogP contribution in [0.5, 0.6) is 0 Å². The van der Waals surface area contributed by atoms with Crippen molar-refractivity contribution in [2.75, 3.05) is 25.0 Å². The van der Waals surface area contributed by atoms with E-state index in [-0.39, 0.29) is 34.7 Å². The summed E-state index contributed by atoms with van der Waals surface area (Å²) in [7, 11) is 0. The van der Waals surface area contributed by atoms with E-state index in [4.69, 9.17) is 29.1 Å². The smallest absolute Gasteiger partial charge is 0.319 e. The van der Waals surface area contributed by atoms with E-state index in [1.165, 1.54) is 5.01 Å². The van der Waals surface area contributed by atoms with Crippen LogP contribution in [0.2, 0.25) is 0 Å². The van der Waals surface area contributed by atoms with Gasteiger partial charge in [-0.2, -0.15) is 0 Å². The molecule has 3 aliphatic rings. The average Bonchev–Trinajstić information content (AvgIpc) is 3.24. The molecule has 0 bridgehead atoms. The molecule has 1 aromatic carbocycles. The number of urea groups is 1. The SMILES string of the molecule is CC(C)NC(=O)Nc1ccc(C(=O)N2CCC3(CC2)CN(N)C(NC(=O)C2=NC(Cl)=C(N=NN)NC2N=NN)N3)cc1. The molecule has 3 aliphatic heterocycles. The summed E-state index contributed by atoms with van der Waals surface area (Å²) < 4.78 is 0. The van der Waals surface area contributed by atoms with Crippen LogP contribution in [0.4, 0.5) is 10.5 Å². The molecule has 4 amide bonds. The highest BCUT2D eigenvalue weighted by molar-refractivity contribution is 6.43. The molecule has 2 saturated heterocycles. The zero-order valence-corrected chi connectivity index (χ0v) is 23.8. The summed E-state index contributed by atoms with van der Waals surface area (Å²) in [5.74, 6) is 15.8. The monoisotopic (exact) mass is 603 g/mol. The van der Waals surface area contributed by atoms with Crippen molar-refractivity contribution >= 4 is 40.8 Å². The van der Waals surface area contributed by atoms with Crippen molar-refractivity contribution in [3.8, 4) is 0 Å². The van der Waals surface area contributed by atoms with Crippen molar-refractivity contribution in [2.24, 2.45) is 43.2 Å². The highest BCUT2D eigenvalue weighted by atomic mass is 35.5. The largest absolute Gasteiger partial charge is 0.339 e. The summed E-state index contributed by atoms with van der Waals surface area (Å²) in [6.45, 7) is 5.12. The number of rotatable bonds is 7. The number of nitrogens with one attached hydrogen (secondary N) is 5. The van der Waals surface area contributed by atoms with Crippen LogP contribution < -0.4 is 44.1 Å². The molecule has 2 atom stereocenters. The highest BCUT2D eigenvalue weighted by Gasteiger charge is 2.46. The van der Waals surface area contributed by atoms with Gasteiger partial charge < -0.3 is 37.9 Å². The van der Waals surface area contributed by atoms with Gasteiger partial charge in [-0.1, -0.05) is 22.0 Å². The Bertz CT molecular complexity index is 1300. The summed E-state index contributed by atoms with van der Waals surface area (Å²) in [6, 6.07) is 6.44. The molecule has 18 nitrogen and oxygen atoms in total. The van der Waals surface area contributed by atoms with E-state index in [0.29, 0.717) is 43.7 Å². The molecule has 19 heteroatoms. The van der Waals surface area contributed by atoms with Crippen molar-refractivity contribution in [2.45, 2.75) is 50.7 Å². The number of anilines is 1. The minimum Gasteiger partial charge on any atom is -0.339 e. The number of carbonyl (C=O) groups excluding carboxylic acids is 3. The number of amides is 4. The molecule has 42 heavy (non-hydrogen) atoms. The van der Waals surface area contributed by atoms with Gasteiger partial charge in [0.15, 0.2) is 22.9 Å². The summed E-state index contributed by atoms with van der Waals surface area (Å²) >= 11 is 6.09. The summed E-state index contributed by atoms with van der Waals surface area (Å²) in [5, 5.41) is 29.4. The topological polar surface area (TPSA) is 258 Å². The summed E-state index contributed by atoms with van der Waals surface area (Å²) in [4.78, 5) is 44.0. The Kier molecular flexibility index (Phi) is 9.51. The van der Waals surface area contributed by atoms with Gasteiger partial charge in [-0.15, -0.1) is 10.2 Å². The van der Waals surface area contributed by atoms with Crippen LogP contribution >= 0.6 is 11.6 Å². The van der Waals surface area contributed by atoms with Gasteiger partial charge in [-0.25, -0.2) is 14.8 Å². The van der Waals surface area contributed by atoms with Gasteiger partial charge in [0.1, 0.15) is 6.29 Å². The van der Waals surface area contributed by atoms with Crippen LogP contribution in [0.15, 0.2) is 60.9 Å². The van der Waals surface area contributed by atoms with Gasteiger partial charge in [-0.05, 0) is 51.0 Å². The number of piperidine rings is 1. The number of carbonyl (C=O) groups is 3. The third kappa shape index (κ3) is 7.08. The lowest BCUT2D eigenvalue weighted by Gasteiger charge is -2.39. The van der Waals surface area contributed by atoms with Gasteiger partial charge in [-0.3, -0.25) is 20.7 Å². The lowest BCUT2D eigenvalue weighted by atomic mass is 9.88. The Morgan fingerprint density at radius 3 is 2.45 bits per heavy atom. The Hall–Kier alpha value is -4.39. The third-order valence-electron chi connectivity index (χ3n) is 6.86. The van der Waals surface area contributed by atoms with E-state index < -0.39 is 23.9 Å². The maximum Gasteiger partial charge on any atom is 0.319 e. The van der Waals surface area contributed by atoms with E-state index >= 15 is 0 Å². The number of benzene rings is 1. The molecule has 2 fully saturated rings. The molecule has 0 aromatic heterocycles. The second-order valence-corrected chi connectivity index (χ2v) is 10.6. The number of likely N-dealkylation sites (tertiary alicyclic amines) is 1. The van der Waals surface area contributed by atoms with Crippen LogP contribution in [0, 0.1) is 0 Å². The maximum absolute atomic E-state index is 13.1. The molecule has 3 heterocycles. The van der Waals surface area contributed by atoms with Crippen molar-refractivity contribution in [1.29, 1.82) is 0 Å². The van der Waals surface area contributed by atoms with E-state index in [9.17, 15) is 14.4 Å². The van der Waals surface area contributed by atoms with Crippen molar-refractivity contribution in [1.82, 2.24) is 31.2 Å². The number of nitrogens with two attached hydrogens (primary N) is 3. The molecule has 2 unspecified atom stereocenters. The first-order valence-corrected chi connectivity index (χ1v) is 13.4. The van der Waals surface area contributed by atoms with E-state index in [1.807, 2.05) is 13.8 Å². The van der Waals surface area contributed by atoms with Crippen LogP contribution in [-0.2, 0) is 4.79 Å². The van der Waals surface area contributed by atoms with Gasteiger partial charge in [0, 0.05) is 42.5 Å². The fourth-order valence-electron chi connectivity index (χ4n) is 4.86. The fourth-order valence-corrected chi connectivity index (χ4v) is 5.04. The number of aliphatic imine (C=N–C) groups is 1. The van der Waals surface area contributed by atoms with Crippen LogP contribution in [0.3, 0.4) is 0 Å². The predicted molar refractivity (Wildman–Crippen MR) is 153 cm³/mol. The van der Waals surface area contributed by atoms with Crippen molar-refractivity contribution in [3.63, 3.8) is 0 Å². The standard InChI is InChI=1S/C23H34ClN15O3/c1-12(2)28-22(42)29-14-5-3-13(4-6-14)20(41)38-9-7-23(8-10-38)11-39(27)21(33-23)32-19(40)15-17(34-36-25)31-18(35-37-26)16(24)30-15/h3-6,12,17,21,31,33H,7-11,27H2,1-2H3,(H2,25,34)(H2,26,35)(H,32,40)(H2,28,29,42). The molecular weight excluding hydrogens is 570 g/mol. The molecule has 0 radical (unpaired) electrons. The third-order valence-corrected chi connectivity index (χ3v) is 7.13. The molecule has 1 spiro atoms. The molecule has 4 rings (SSSR count). The fraction of sp³-hybridized carbons (Fsp3) is 0.478. The summed E-state index contributed by atoms with van der Waals surface area (Å²) in [5.41, 5.74) is 0.542. The minimum absolute atomic E-state index is 0.00489. The quantitative estimate of drug-likeness (QED) is 0.0883. The average molecular weight is 604 g/mol. The zero-order valence-electron chi connectivity index (χ0n) is 23.0. The first-order chi connectivity index (χ1) is 20.0. The highest BCUT2D eigenvalue weighted by Crippen LogP contribution is 2.29. The Balaban J connectivity index is 1.34. The van der Waals surface area contributed by atoms with Gasteiger partial charge in [0.2, 0.25) is 0 Å². The first kappa shape index (κ1) is 30.6. The van der Waals surface area contributed by atoms with Gasteiger partial charge >= 0.3 is 6.03 Å². The molecule has 0 aliphatic carbocycles. The second kappa shape index (κ2) is 13.1. The van der Waals surface area contributed by atoms with Crippen LogP contribution in [0.1, 0.15) is 37.0 Å². The van der Waals surface area contributed by atoms with Crippen LogP contribution in [-0.4, -0.2) is 77.1 Å². The second-order valence-electron chi connectivity index (χ2n) is 10.2. The normalized spacial score (nSPS) is 22.5. The number of hydrazine groups is 1. The number of hydrogen-bond acceptors (Lipinski definition) is 12. The lowest BCUT2D eigenvalue weighted by molar-refractivity contribution is -0.116. The molecular formula is C23H34ClN15O3. The molecule has 226 valence electrons. The Labute approximate surface area is 246 Å². The van der Waals surface area contributed by atoms with E-state index in [1.54, 1.807) is 29.2 Å². The first-order valence-electron chi connectivity index (χ1n) is 13.1. The van der Waals surface area contributed by atoms with Gasteiger partial charge in [0.05, 0.1) is 0 Å². The molecule has 1 aromatic rings. The predicted octanol–water partition coefficient (Wildman–Crippen LogP) is -0.242. The molecule has 0 saturated carbocycles. The van der Waals surface area contributed by atoms with E-state index in [0.717, 1.165) is 0 Å². The van der Waals surface area contributed by atoms with Crippen LogP contribution in [0.25, 0.3) is 0 Å². The maximum atomic E-state index is 13.1. The van der Waals surface area contributed by atoms with Gasteiger partial charge in [0.25, 0.3) is 11.8 Å². The number of hydrogen-bond donors (Lipinski definition) is 8. The summed E-state index contributed by atoms with van der Waals surface area (Å²) in [6.07, 6.45) is -0.625. The zero-order chi connectivity index (χ0) is 30.4. The minimum atomic E-state index is -1.09. The lowest BCUT2D eigenvalue weighted by Crippen LogP contribution is -2.59. The Morgan fingerprint density at radius 2 is 1.83 bits per heavy atom. The number of nitrogens with zero attached hydrogens (tertiary/aromatic N) is 7. The van der Waals surface area contributed by atoms with E-state index in [2.05, 4.69) is 52.3 Å².